The van der Waals surface area contributed by atoms with Crippen LogP contribution in [0, 0.1) is 15.9 Å². The van der Waals surface area contributed by atoms with E-state index < -0.39 is 10.7 Å². The molecule has 104 valence electrons. The lowest BCUT2D eigenvalue weighted by Crippen LogP contribution is -2.42. The van der Waals surface area contributed by atoms with Gasteiger partial charge in [-0.2, -0.15) is 0 Å². The molecule has 0 aliphatic heterocycles. The van der Waals surface area contributed by atoms with Crippen molar-refractivity contribution in [3.8, 4) is 0 Å². The Morgan fingerprint density at radius 1 is 1.50 bits per heavy atom. The van der Waals surface area contributed by atoms with Crippen LogP contribution >= 0.6 is 0 Å². The van der Waals surface area contributed by atoms with Crippen molar-refractivity contribution in [3.63, 3.8) is 0 Å². The number of non-ortho nitro benzene ring substituents is 1. The molecule has 6 heteroatoms. The van der Waals surface area contributed by atoms with Gasteiger partial charge in [0.2, 0.25) is 0 Å². The first-order valence-electron chi connectivity index (χ1n) is 6.50. The van der Waals surface area contributed by atoms with Gasteiger partial charge in [-0.3, -0.25) is 15.1 Å². The average molecular weight is 275 g/mol. The molecule has 1 aliphatic carbocycles. The molecule has 20 heavy (non-hydrogen) atoms. The van der Waals surface area contributed by atoms with Crippen molar-refractivity contribution < 1.29 is 9.31 Å². The molecular formula is C14H14FN3O2. The van der Waals surface area contributed by atoms with E-state index in [1.54, 1.807) is 12.1 Å². The third kappa shape index (κ3) is 1.97. The molecule has 1 aliphatic rings. The minimum Gasteiger partial charge on any atom is -0.376 e. The highest BCUT2D eigenvalue weighted by atomic mass is 19.1. The van der Waals surface area contributed by atoms with E-state index in [0.29, 0.717) is 10.9 Å². The van der Waals surface area contributed by atoms with Crippen molar-refractivity contribution in [2.24, 2.45) is 0 Å². The van der Waals surface area contributed by atoms with E-state index in [2.05, 4.69) is 10.3 Å². The number of anilines is 1. The van der Waals surface area contributed by atoms with Gasteiger partial charge >= 0.3 is 0 Å². The first kappa shape index (κ1) is 12.8. The Morgan fingerprint density at radius 2 is 2.25 bits per heavy atom. The largest absolute Gasteiger partial charge is 0.376 e. The molecule has 0 atom stereocenters. The summed E-state index contributed by atoms with van der Waals surface area (Å²) >= 11 is 0. The highest BCUT2D eigenvalue weighted by molar-refractivity contribution is 5.97. The summed E-state index contributed by atoms with van der Waals surface area (Å²) in [6, 6.07) is 4.17. The summed E-state index contributed by atoms with van der Waals surface area (Å²) in [5.41, 5.74) is 0.164. The Bertz CT molecular complexity index is 698. The minimum atomic E-state index is -0.629. The van der Waals surface area contributed by atoms with Crippen LogP contribution in [0.3, 0.4) is 0 Å². The van der Waals surface area contributed by atoms with Crippen LogP contribution < -0.4 is 5.32 Å². The number of hydrogen-bond donors (Lipinski definition) is 1. The van der Waals surface area contributed by atoms with Gasteiger partial charge in [0.05, 0.1) is 22.1 Å². The Labute approximate surface area is 115 Å². The maximum Gasteiger partial charge on any atom is 0.281 e. The topological polar surface area (TPSA) is 68.1 Å². The lowest BCUT2D eigenvalue weighted by Gasteiger charge is -2.40. The molecule has 1 heterocycles. The molecule has 0 amide bonds. The Balaban J connectivity index is 2.19. The van der Waals surface area contributed by atoms with Gasteiger partial charge in [-0.15, -0.1) is 0 Å². The summed E-state index contributed by atoms with van der Waals surface area (Å²) < 4.78 is 14.2. The van der Waals surface area contributed by atoms with Crippen LogP contribution in [0.2, 0.25) is 0 Å². The molecular weight excluding hydrogens is 261 g/mol. The van der Waals surface area contributed by atoms with Gasteiger partial charge in [-0.1, -0.05) is 0 Å². The van der Waals surface area contributed by atoms with Gasteiger partial charge in [0.1, 0.15) is 5.52 Å². The highest BCUT2D eigenvalue weighted by Gasteiger charge is 2.33. The number of fused-ring (bicyclic) bond motifs is 1. The average Bonchev–Trinajstić information content (AvgIpc) is 2.39. The summed E-state index contributed by atoms with van der Waals surface area (Å²) in [6.45, 7) is 2.02. The van der Waals surface area contributed by atoms with Crippen LogP contribution in [0.15, 0.2) is 24.4 Å². The number of benzene rings is 1. The zero-order valence-corrected chi connectivity index (χ0v) is 11.0. The molecule has 1 saturated carbocycles. The van der Waals surface area contributed by atoms with Crippen LogP contribution in [-0.4, -0.2) is 15.4 Å². The lowest BCUT2D eigenvalue weighted by molar-refractivity contribution is -0.383. The molecule has 1 aromatic carbocycles. The number of hydrogen-bond acceptors (Lipinski definition) is 4. The van der Waals surface area contributed by atoms with Gasteiger partial charge in [-0.05, 0) is 38.3 Å². The number of rotatable bonds is 3. The van der Waals surface area contributed by atoms with Crippen molar-refractivity contribution in [2.45, 2.75) is 31.7 Å². The van der Waals surface area contributed by atoms with Crippen LogP contribution in [0.4, 0.5) is 15.8 Å². The van der Waals surface area contributed by atoms with Crippen LogP contribution in [0.1, 0.15) is 26.2 Å². The highest BCUT2D eigenvalue weighted by Crippen LogP contribution is 2.39. The van der Waals surface area contributed by atoms with E-state index in [-0.39, 0.29) is 16.9 Å². The molecule has 0 saturated heterocycles. The minimum absolute atomic E-state index is 0.151. The van der Waals surface area contributed by atoms with Crippen LogP contribution in [0.25, 0.3) is 10.9 Å². The zero-order chi connectivity index (χ0) is 14.3. The summed E-state index contributed by atoms with van der Waals surface area (Å²) in [7, 11) is 0. The predicted molar refractivity (Wildman–Crippen MR) is 74.2 cm³/mol. The third-order valence-corrected chi connectivity index (χ3v) is 3.90. The van der Waals surface area contributed by atoms with E-state index in [9.17, 15) is 14.5 Å². The smallest absolute Gasteiger partial charge is 0.281 e. The molecule has 1 fully saturated rings. The van der Waals surface area contributed by atoms with E-state index in [0.717, 1.165) is 25.3 Å². The number of nitro benzene ring substituents is 1. The van der Waals surface area contributed by atoms with E-state index in [1.807, 2.05) is 6.92 Å². The van der Waals surface area contributed by atoms with Gasteiger partial charge in [-0.25, -0.2) is 4.39 Å². The quantitative estimate of drug-likeness (QED) is 0.686. The number of nitrogens with one attached hydrogen (secondary N) is 1. The molecule has 0 spiro atoms. The molecule has 0 bridgehead atoms. The summed E-state index contributed by atoms with van der Waals surface area (Å²) in [5.74, 6) is -0.629. The van der Waals surface area contributed by atoms with Crippen molar-refractivity contribution in [2.75, 3.05) is 5.32 Å². The Hall–Kier alpha value is -2.24. The van der Waals surface area contributed by atoms with Crippen molar-refractivity contribution in [1.29, 1.82) is 0 Å². The maximum atomic E-state index is 14.2. The van der Waals surface area contributed by atoms with E-state index in [4.69, 9.17) is 0 Å². The predicted octanol–water partition coefficient (Wildman–Crippen LogP) is 3.64. The van der Waals surface area contributed by atoms with Crippen molar-refractivity contribution in [1.82, 2.24) is 4.98 Å². The van der Waals surface area contributed by atoms with Crippen molar-refractivity contribution in [3.05, 3.63) is 40.3 Å². The lowest BCUT2D eigenvalue weighted by atomic mass is 9.78. The molecule has 2 aromatic rings. The van der Waals surface area contributed by atoms with Crippen molar-refractivity contribution >= 4 is 22.3 Å². The maximum absolute atomic E-state index is 14.2. The normalized spacial score (nSPS) is 16.7. The fourth-order valence-electron chi connectivity index (χ4n) is 2.60. The third-order valence-electron chi connectivity index (χ3n) is 3.90. The second-order valence-electron chi connectivity index (χ2n) is 5.45. The number of pyridine rings is 1. The summed E-state index contributed by atoms with van der Waals surface area (Å²) in [6.07, 6.45) is 4.53. The van der Waals surface area contributed by atoms with Gasteiger partial charge in [0, 0.05) is 11.7 Å². The van der Waals surface area contributed by atoms with E-state index in [1.165, 1.54) is 6.20 Å². The number of aromatic nitrogens is 1. The molecule has 5 nitrogen and oxygen atoms in total. The fraction of sp³-hybridized carbons (Fsp3) is 0.357. The van der Waals surface area contributed by atoms with Gasteiger partial charge in [0.25, 0.3) is 5.69 Å². The first-order valence-corrected chi connectivity index (χ1v) is 6.50. The van der Waals surface area contributed by atoms with Gasteiger partial charge in [0.15, 0.2) is 5.82 Å². The Morgan fingerprint density at radius 3 is 2.85 bits per heavy atom. The SMILES string of the molecule is CC1(Nc2c(F)cc([N+](=O)[O-])c3cccnc23)CCC1. The summed E-state index contributed by atoms with van der Waals surface area (Å²) in [5, 5.41) is 14.5. The molecule has 1 N–H and O–H groups in total. The second-order valence-corrected chi connectivity index (χ2v) is 5.45. The summed E-state index contributed by atoms with van der Waals surface area (Å²) in [4.78, 5) is 14.6. The monoisotopic (exact) mass is 275 g/mol. The first-order chi connectivity index (χ1) is 9.50. The van der Waals surface area contributed by atoms with Crippen LogP contribution in [0.5, 0.6) is 0 Å². The fourth-order valence-corrected chi connectivity index (χ4v) is 2.60. The van der Waals surface area contributed by atoms with Gasteiger partial charge < -0.3 is 5.32 Å². The second kappa shape index (κ2) is 4.40. The molecule has 1 aromatic heterocycles. The molecule has 3 rings (SSSR count). The number of nitrogens with zero attached hydrogens (tertiary/aromatic N) is 2. The number of nitro groups is 1. The Kier molecular flexibility index (Phi) is 2.81. The van der Waals surface area contributed by atoms with E-state index >= 15 is 0 Å². The number of halogens is 1. The van der Waals surface area contributed by atoms with Crippen LogP contribution in [-0.2, 0) is 0 Å². The standard InChI is InChI=1S/C14H14FN3O2/c1-14(5-3-6-14)17-13-10(15)8-11(18(19)20)9-4-2-7-16-12(9)13/h2,4,7-8,17H,3,5-6H2,1H3. The molecule has 0 radical (unpaired) electrons. The molecule has 0 unspecified atom stereocenters. The zero-order valence-electron chi connectivity index (χ0n) is 11.0.